The Labute approximate surface area is 135 Å². The van der Waals surface area contributed by atoms with E-state index in [2.05, 4.69) is 10.1 Å². The second kappa shape index (κ2) is 5.97. The summed E-state index contributed by atoms with van der Waals surface area (Å²) in [6.45, 7) is -0.260. The van der Waals surface area contributed by atoms with Crippen molar-refractivity contribution in [2.24, 2.45) is 5.92 Å². The summed E-state index contributed by atoms with van der Waals surface area (Å²) in [5.74, 6) is -2.06. The van der Waals surface area contributed by atoms with E-state index in [0.29, 0.717) is 11.4 Å². The number of para-hydroxylation sites is 1. The number of alkyl halides is 3. The van der Waals surface area contributed by atoms with Crippen LogP contribution in [0.2, 0.25) is 0 Å². The highest BCUT2D eigenvalue weighted by atomic mass is 19.4. The first-order valence-corrected chi connectivity index (χ1v) is 7.30. The Kier molecular flexibility index (Phi) is 4.12. The van der Waals surface area contributed by atoms with E-state index in [1.807, 2.05) is 0 Å². The van der Waals surface area contributed by atoms with Gasteiger partial charge < -0.3 is 19.7 Å². The Morgan fingerprint density at radius 1 is 1.38 bits per heavy atom. The maximum atomic E-state index is 12.9. The molecule has 1 aromatic rings. The minimum atomic E-state index is -4.61. The third-order valence-corrected chi connectivity index (χ3v) is 4.07. The summed E-state index contributed by atoms with van der Waals surface area (Å²) in [6.07, 6.45) is -6.74. The number of halogens is 3. The van der Waals surface area contributed by atoms with E-state index in [-0.39, 0.29) is 31.2 Å². The summed E-state index contributed by atoms with van der Waals surface area (Å²) in [5, 5.41) is 2.47. The number of fused-ring (bicyclic) bond motifs is 1. The minimum Gasteiger partial charge on any atom is -0.481 e. The van der Waals surface area contributed by atoms with Gasteiger partial charge in [-0.05, 0) is 18.6 Å². The molecular formula is C15H15F3N2O4. The normalized spacial score (nSPS) is 23.7. The van der Waals surface area contributed by atoms with Crippen molar-refractivity contribution in [3.63, 3.8) is 0 Å². The molecule has 2 heterocycles. The van der Waals surface area contributed by atoms with Crippen molar-refractivity contribution in [3.8, 4) is 5.75 Å². The van der Waals surface area contributed by atoms with Gasteiger partial charge in [0.25, 0.3) is 5.91 Å². The lowest BCUT2D eigenvalue weighted by Crippen LogP contribution is -2.40. The molecule has 1 saturated heterocycles. The Balaban J connectivity index is 1.84. The van der Waals surface area contributed by atoms with E-state index in [1.165, 1.54) is 18.0 Å². The predicted octanol–water partition coefficient (Wildman–Crippen LogP) is 1.95. The molecule has 0 radical (unpaired) electrons. The van der Waals surface area contributed by atoms with Crippen LogP contribution in [0, 0.1) is 5.92 Å². The van der Waals surface area contributed by atoms with Gasteiger partial charge in [-0.25, -0.2) is 0 Å². The minimum absolute atomic E-state index is 0.0176. The van der Waals surface area contributed by atoms with Crippen LogP contribution in [0.3, 0.4) is 0 Å². The molecule has 1 N–H and O–H groups in total. The van der Waals surface area contributed by atoms with E-state index >= 15 is 0 Å². The van der Waals surface area contributed by atoms with E-state index in [9.17, 15) is 22.8 Å². The van der Waals surface area contributed by atoms with Gasteiger partial charge in [0.05, 0.1) is 11.6 Å². The van der Waals surface area contributed by atoms with Crippen molar-refractivity contribution < 1.29 is 32.2 Å². The summed E-state index contributed by atoms with van der Waals surface area (Å²) < 4.78 is 48.7. The maximum Gasteiger partial charge on any atom is 0.415 e. The number of hydrogen-bond acceptors (Lipinski definition) is 4. The number of benzene rings is 1. The van der Waals surface area contributed by atoms with Crippen LogP contribution in [-0.4, -0.2) is 44.4 Å². The van der Waals surface area contributed by atoms with Gasteiger partial charge in [0.1, 0.15) is 11.4 Å². The second-order valence-electron chi connectivity index (χ2n) is 5.61. The van der Waals surface area contributed by atoms with Crippen molar-refractivity contribution in [1.82, 2.24) is 0 Å². The molecule has 0 aromatic heterocycles. The number of carbonyl (C=O) groups is 2. The Morgan fingerprint density at radius 3 is 2.83 bits per heavy atom. The zero-order chi connectivity index (χ0) is 17.5. The SMILES string of the molecule is CN1C(=O)COc2cccc(NC(=O)[C@@H]3CCO[C@H]3C(F)(F)F)c21. The zero-order valence-electron chi connectivity index (χ0n) is 12.7. The van der Waals surface area contributed by atoms with Crippen LogP contribution in [0.4, 0.5) is 24.5 Å². The molecule has 6 nitrogen and oxygen atoms in total. The van der Waals surface area contributed by atoms with E-state index < -0.39 is 24.1 Å². The van der Waals surface area contributed by atoms with Gasteiger partial charge in [0.15, 0.2) is 12.7 Å². The fraction of sp³-hybridized carbons (Fsp3) is 0.467. The summed E-state index contributed by atoms with van der Waals surface area (Å²) in [7, 11) is 1.51. The van der Waals surface area contributed by atoms with Crippen molar-refractivity contribution >= 4 is 23.2 Å². The average molecular weight is 344 g/mol. The number of carbonyl (C=O) groups excluding carboxylic acids is 2. The third kappa shape index (κ3) is 2.91. The molecule has 9 heteroatoms. The molecule has 0 aliphatic carbocycles. The summed E-state index contributed by atoms with van der Waals surface area (Å²) in [4.78, 5) is 25.4. The number of nitrogens with one attached hydrogen (secondary N) is 1. The van der Waals surface area contributed by atoms with Crippen molar-refractivity contribution in [2.75, 3.05) is 30.5 Å². The number of likely N-dealkylation sites (N-methyl/N-ethyl adjacent to an activating group) is 1. The Bertz CT molecular complexity index is 677. The van der Waals surface area contributed by atoms with Crippen molar-refractivity contribution in [1.29, 1.82) is 0 Å². The number of anilines is 2. The number of nitrogens with zero attached hydrogens (tertiary/aromatic N) is 1. The molecule has 0 bridgehead atoms. The monoisotopic (exact) mass is 344 g/mol. The van der Waals surface area contributed by atoms with Crippen molar-refractivity contribution in [2.45, 2.75) is 18.7 Å². The van der Waals surface area contributed by atoms with Crippen LogP contribution in [0.15, 0.2) is 18.2 Å². The lowest BCUT2D eigenvalue weighted by atomic mass is 10.00. The van der Waals surface area contributed by atoms with Crippen LogP contribution >= 0.6 is 0 Å². The molecule has 1 aromatic carbocycles. The standard InChI is InChI=1S/C15H15F3N2O4/c1-20-11(21)7-24-10-4-2-3-9(12(10)20)19-14(22)8-5-6-23-13(8)15(16,17)18/h2-4,8,13H,5-7H2,1H3,(H,19,22)/t8-,13-/m1/s1. The van der Waals surface area contributed by atoms with Crippen LogP contribution in [0.25, 0.3) is 0 Å². The second-order valence-corrected chi connectivity index (χ2v) is 5.61. The summed E-state index contributed by atoms with van der Waals surface area (Å²) in [6, 6.07) is 4.71. The fourth-order valence-electron chi connectivity index (χ4n) is 2.85. The van der Waals surface area contributed by atoms with Gasteiger partial charge in [-0.15, -0.1) is 0 Å². The van der Waals surface area contributed by atoms with Crippen LogP contribution in [0.1, 0.15) is 6.42 Å². The van der Waals surface area contributed by atoms with Gasteiger partial charge in [-0.3, -0.25) is 9.59 Å². The molecule has 2 amide bonds. The van der Waals surface area contributed by atoms with Crippen LogP contribution in [-0.2, 0) is 14.3 Å². The lowest BCUT2D eigenvalue weighted by Gasteiger charge is -2.28. The number of ether oxygens (including phenoxy) is 2. The molecule has 1 fully saturated rings. The number of rotatable bonds is 2. The highest BCUT2D eigenvalue weighted by molar-refractivity contribution is 6.04. The van der Waals surface area contributed by atoms with Crippen LogP contribution in [0.5, 0.6) is 5.75 Å². The molecule has 24 heavy (non-hydrogen) atoms. The van der Waals surface area contributed by atoms with Crippen LogP contribution < -0.4 is 15.0 Å². The fourth-order valence-corrected chi connectivity index (χ4v) is 2.85. The first kappa shape index (κ1) is 16.6. The largest absolute Gasteiger partial charge is 0.481 e. The Hall–Kier alpha value is -2.29. The number of amides is 2. The molecule has 0 saturated carbocycles. The molecule has 3 rings (SSSR count). The first-order chi connectivity index (χ1) is 11.3. The van der Waals surface area contributed by atoms with Gasteiger partial charge >= 0.3 is 6.18 Å². The Morgan fingerprint density at radius 2 is 2.12 bits per heavy atom. The molecule has 2 aliphatic rings. The maximum absolute atomic E-state index is 12.9. The average Bonchev–Trinajstić information content (AvgIpc) is 3.01. The molecule has 0 unspecified atom stereocenters. The van der Waals surface area contributed by atoms with E-state index in [1.54, 1.807) is 12.1 Å². The molecule has 130 valence electrons. The molecule has 2 aliphatic heterocycles. The smallest absolute Gasteiger partial charge is 0.415 e. The highest BCUT2D eigenvalue weighted by Crippen LogP contribution is 2.40. The highest BCUT2D eigenvalue weighted by Gasteiger charge is 2.51. The van der Waals surface area contributed by atoms with Crippen molar-refractivity contribution in [3.05, 3.63) is 18.2 Å². The molecular weight excluding hydrogens is 329 g/mol. The topological polar surface area (TPSA) is 67.9 Å². The lowest BCUT2D eigenvalue weighted by molar-refractivity contribution is -0.216. The third-order valence-electron chi connectivity index (χ3n) is 4.07. The van der Waals surface area contributed by atoms with Gasteiger partial charge in [0, 0.05) is 13.7 Å². The summed E-state index contributed by atoms with van der Waals surface area (Å²) >= 11 is 0. The van der Waals surface area contributed by atoms with Gasteiger partial charge in [-0.2, -0.15) is 13.2 Å². The van der Waals surface area contributed by atoms with Gasteiger partial charge in [-0.1, -0.05) is 6.07 Å². The summed E-state index contributed by atoms with van der Waals surface area (Å²) in [5.41, 5.74) is 0.547. The molecule has 2 atom stereocenters. The first-order valence-electron chi connectivity index (χ1n) is 7.30. The number of hydrogen-bond donors (Lipinski definition) is 1. The van der Waals surface area contributed by atoms with Gasteiger partial charge in [0.2, 0.25) is 5.91 Å². The van der Waals surface area contributed by atoms with E-state index in [0.717, 1.165) is 0 Å². The zero-order valence-corrected chi connectivity index (χ0v) is 12.7. The quantitative estimate of drug-likeness (QED) is 0.890. The predicted molar refractivity (Wildman–Crippen MR) is 77.9 cm³/mol. The molecule has 0 spiro atoms. The van der Waals surface area contributed by atoms with E-state index in [4.69, 9.17) is 4.74 Å².